The summed E-state index contributed by atoms with van der Waals surface area (Å²) in [5, 5.41) is 8.38. The van der Waals surface area contributed by atoms with Crippen molar-refractivity contribution in [2.75, 3.05) is 12.3 Å². The lowest BCUT2D eigenvalue weighted by atomic mass is 10.2. The van der Waals surface area contributed by atoms with E-state index in [2.05, 4.69) is 0 Å². The van der Waals surface area contributed by atoms with Crippen molar-refractivity contribution < 1.29 is 14.6 Å². The SMILES string of the molecule is CCOC(CC)C(=O)O.Cc1cccc(N)c1. The van der Waals surface area contributed by atoms with Gasteiger partial charge in [0, 0.05) is 12.3 Å². The third-order valence-electron chi connectivity index (χ3n) is 2.06. The molecule has 4 heteroatoms. The molecule has 0 radical (unpaired) electrons. The summed E-state index contributed by atoms with van der Waals surface area (Å²) in [7, 11) is 0. The molecule has 0 amide bonds. The van der Waals surface area contributed by atoms with Gasteiger partial charge in [0.1, 0.15) is 0 Å². The Balaban J connectivity index is 0.000000302. The topological polar surface area (TPSA) is 72.5 Å². The molecule has 17 heavy (non-hydrogen) atoms. The summed E-state index contributed by atoms with van der Waals surface area (Å²) in [5.41, 5.74) is 7.51. The molecule has 3 N–H and O–H groups in total. The third kappa shape index (κ3) is 7.36. The molecular weight excluding hydrogens is 218 g/mol. The van der Waals surface area contributed by atoms with Crippen LogP contribution in [0.3, 0.4) is 0 Å². The van der Waals surface area contributed by atoms with Crippen LogP contribution in [-0.4, -0.2) is 23.8 Å². The van der Waals surface area contributed by atoms with E-state index in [0.29, 0.717) is 13.0 Å². The van der Waals surface area contributed by atoms with E-state index < -0.39 is 12.1 Å². The molecule has 1 aromatic rings. The van der Waals surface area contributed by atoms with Gasteiger partial charge in [0.2, 0.25) is 0 Å². The summed E-state index contributed by atoms with van der Waals surface area (Å²) < 4.78 is 4.85. The molecule has 0 bridgehead atoms. The summed E-state index contributed by atoms with van der Waals surface area (Å²) in [6, 6.07) is 7.80. The fourth-order valence-electron chi connectivity index (χ4n) is 1.24. The number of carboxylic acids is 1. The highest BCUT2D eigenvalue weighted by Gasteiger charge is 2.13. The lowest BCUT2D eigenvalue weighted by molar-refractivity contribution is -0.150. The maximum absolute atomic E-state index is 10.2. The van der Waals surface area contributed by atoms with Crippen LogP contribution >= 0.6 is 0 Å². The summed E-state index contributed by atoms with van der Waals surface area (Å²) in [6.07, 6.45) is -0.0848. The van der Waals surface area contributed by atoms with Gasteiger partial charge < -0.3 is 15.6 Å². The van der Waals surface area contributed by atoms with Crippen molar-refractivity contribution in [1.82, 2.24) is 0 Å². The van der Waals surface area contributed by atoms with Crippen molar-refractivity contribution in [3.8, 4) is 0 Å². The fraction of sp³-hybridized carbons (Fsp3) is 0.462. The number of hydrogen-bond acceptors (Lipinski definition) is 3. The number of carboxylic acid groups (broad SMARTS) is 1. The fourth-order valence-corrected chi connectivity index (χ4v) is 1.24. The van der Waals surface area contributed by atoms with E-state index in [1.165, 1.54) is 5.56 Å². The van der Waals surface area contributed by atoms with Gasteiger partial charge in [0.05, 0.1) is 0 Å². The lowest BCUT2D eigenvalue weighted by Crippen LogP contribution is -2.22. The Labute approximate surface area is 102 Å². The van der Waals surface area contributed by atoms with Gasteiger partial charge in [0.15, 0.2) is 6.10 Å². The third-order valence-corrected chi connectivity index (χ3v) is 2.06. The van der Waals surface area contributed by atoms with Crippen LogP contribution in [0.4, 0.5) is 5.69 Å². The number of ether oxygens (including phenoxy) is 1. The van der Waals surface area contributed by atoms with Crippen LogP contribution in [0.1, 0.15) is 25.8 Å². The molecule has 1 aromatic carbocycles. The van der Waals surface area contributed by atoms with E-state index in [0.717, 1.165) is 5.69 Å². The maximum atomic E-state index is 10.2. The first-order valence-electron chi connectivity index (χ1n) is 5.67. The molecule has 0 spiro atoms. The zero-order valence-electron chi connectivity index (χ0n) is 10.6. The number of rotatable bonds is 4. The van der Waals surface area contributed by atoms with E-state index in [1.807, 2.05) is 31.2 Å². The second-order valence-electron chi connectivity index (χ2n) is 3.60. The quantitative estimate of drug-likeness (QED) is 0.792. The summed E-state index contributed by atoms with van der Waals surface area (Å²) >= 11 is 0. The summed E-state index contributed by atoms with van der Waals surface area (Å²) in [4.78, 5) is 10.2. The van der Waals surface area contributed by atoms with Crippen molar-refractivity contribution in [3.63, 3.8) is 0 Å². The molecule has 1 atom stereocenters. The van der Waals surface area contributed by atoms with Crippen molar-refractivity contribution in [3.05, 3.63) is 29.8 Å². The van der Waals surface area contributed by atoms with Crippen LogP contribution in [0, 0.1) is 6.92 Å². The Bertz CT molecular complexity index is 322. The predicted molar refractivity (Wildman–Crippen MR) is 68.9 cm³/mol. The van der Waals surface area contributed by atoms with E-state index in [4.69, 9.17) is 15.6 Å². The highest BCUT2D eigenvalue weighted by Crippen LogP contribution is 2.03. The summed E-state index contributed by atoms with van der Waals surface area (Å²) in [6.45, 7) is 6.06. The number of carbonyl (C=O) groups is 1. The van der Waals surface area contributed by atoms with Gasteiger partial charge in [-0.05, 0) is 38.0 Å². The number of aliphatic carboxylic acids is 1. The smallest absolute Gasteiger partial charge is 0.332 e. The van der Waals surface area contributed by atoms with Crippen LogP contribution in [-0.2, 0) is 9.53 Å². The Morgan fingerprint density at radius 3 is 2.35 bits per heavy atom. The molecule has 4 nitrogen and oxygen atoms in total. The van der Waals surface area contributed by atoms with Gasteiger partial charge in [-0.25, -0.2) is 4.79 Å². The maximum Gasteiger partial charge on any atom is 0.332 e. The average Bonchev–Trinajstić information content (AvgIpc) is 2.26. The molecule has 0 heterocycles. The largest absolute Gasteiger partial charge is 0.479 e. The molecule has 96 valence electrons. The highest BCUT2D eigenvalue weighted by atomic mass is 16.5. The first-order valence-corrected chi connectivity index (χ1v) is 5.67. The second kappa shape index (κ2) is 8.58. The van der Waals surface area contributed by atoms with E-state index in [-0.39, 0.29) is 0 Å². The van der Waals surface area contributed by atoms with Gasteiger partial charge in [-0.15, -0.1) is 0 Å². The zero-order chi connectivity index (χ0) is 13.3. The molecule has 1 unspecified atom stereocenters. The number of anilines is 1. The number of aryl methyl sites for hydroxylation is 1. The molecule has 0 saturated carbocycles. The number of benzene rings is 1. The molecule has 0 fully saturated rings. The number of nitrogens with two attached hydrogens (primary N) is 1. The van der Waals surface area contributed by atoms with Gasteiger partial charge >= 0.3 is 5.97 Å². The Morgan fingerprint density at radius 2 is 2.12 bits per heavy atom. The van der Waals surface area contributed by atoms with Crippen LogP contribution in [0.5, 0.6) is 0 Å². The summed E-state index contributed by atoms with van der Waals surface area (Å²) in [5.74, 6) is -0.876. The van der Waals surface area contributed by atoms with Gasteiger partial charge in [0.25, 0.3) is 0 Å². The van der Waals surface area contributed by atoms with Crippen molar-refractivity contribution >= 4 is 11.7 Å². The minimum atomic E-state index is -0.876. The predicted octanol–water partition coefficient (Wildman–Crippen LogP) is 2.46. The normalized spacial score (nSPS) is 11.2. The van der Waals surface area contributed by atoms with Crippen molar-refractivity contribution in [1.29, 1.82) is 0 Å². The molecule has 0 saturated heterocycles. The van der Waals surface area contributed by atoms with Crippen LogP contribution in [0.2, 0.25) is 0 Å². The molecule has 0 aliphatic carbocycles. The van der Waals surface area contributed by atoms with Crippen molar-refractivity contribution in [2.24, 2.45) is 0 Å². The van der Waals surface area contributed by atoms with Crippen LogP contribution < -0.4 is 5.73 Å². The minimum Gasteiger partial charge on any atom is -0.479 e. The van der Waals surface area contributed by atoms with E-state index in [9.17, 15) is 4.79 Å². The van der Waals surface area contributed by atoms with Crippen LogP contribution in [0.25, 0.3) is 0 Å². The zero-order valence-corrected chi connectivity index (χ0v) is 10.6. The Morgan fingerprint density at radius 1 is 1.47 bits per heavy atom. The van der Waals surface area contributed by atoms with Gasteiger partial charge in [-0.2, -0.15) is 0 Å². The average molecular weight is 239 g/mol. The van der Waals surface area contributed by atoms with Gasteiger partial charge in [-0.1, -0.05) is 19.1 Å². The molecule has 0 aliphatic rings. The van der Waals surface area contributed by atoms with Gasteiger partial charge in [-0.3, -0.25) is 0 Å². The van der Waals surface area contributed by atoms with E-state index >= 15 is 0 Å². The highest BCUT2D eigenvalue weighted by molar-refractivity contribution is 5.72. The van der Waals surface area contributed by atoms with Crippen molar-refractivity contribution in [2.45, 2.75) is 33.3 Å². The number of hydrogen-bond donors (Lipinski definition) is 2. The first-order chi connectivity index (χ1) is 8.01. The molecule has 0 aromatic heterocycles. The molecule has 0 aliphatic heterocycles. The molecule has 1 rings (SSSR count). The first kappa shape index (κ1) is 15.4. The Kier molecular flexibility index (Phi) is 7.80. The molecular formula is C13H21NO3. The minimum absolute atomic E-state index is 0.463. The Hall–Kier alpha value is -1.55. The monoisotopic (exact) mass is 239 g/mol. The van der Waals surface area contributed by atoms with E-state index in [1.54, 1.807) is 13.8 Å². The van der Waals surface area contributed by atoms with Crippen LogP contribution in [0.15, 0.2) is 24.3 Å². The lowest BCUT2D eigenvalue weighted by Gasteiger charge is -2.07. The number of nitrogen functional groups attached to an aromatic ring is 1. The second-order valence-corrected chi connectivity index (χ2v) is 3.60. The standard InChI is InChI=1S/C7H9N.C6H12O3/c1-6-3-2-4-7(8)5-6;1-3-5(6(7)8)9-4-2/h2-5H,8H2,1H3;5H,3-4H2,1-2H3,(H,7,8).